The van der Waals surface area contributed by atoms with Crippen molar-refractivity contribution in [3.8, 4) is 0 Å². The van der Waals surface area contributed by atoms with Crippen LogP contribution in [-0.2, 0) is 4.79 Å². The molecule has 0 aromatic rings. The molecule has 3 heteroatoms. The first-order valence-electron chi connectivity index (χ1n) is 5.00. The SMILES string of the molecule is CC(CC(N)C(=O)O)C(C)C1CC1. The van der Waals surface area contributed by atoms with Gasteiger partial charge in [0.15, 0.2) is 0 Å². The second-order valence-electron chi connectivity index (χ2n) is 4.35. The zero-order chi connectivity index (χ0) is 10.0. The normalized spacial score (nSPS) is 23.6. The Hall–Kier alpha value is -0.570. The highest BCUT2D eigenvalue weighted by molar-refractivity contribution is 5.73. The molecule has 1 fully saturated rings. The number of carboxylic acid groups (broad SMARTS) is 1. The van der Waals surface area contributed by atoms with Gasteiger partial charge in [0, 0.05) is 0 Å². The number of carboxylic acids is 1. The molecule has 0 aromatic heterocycles. The van der Waals surface area contributed by atoms with Gasteiger partial charge < -0.3 is 10.8 Å². The molecule has 0 saturated heterocycles. The number of hydrogen-bond donors (Lipinski definition) is 2. The highest BCUT2D eigenvalue weighted by Crippen LogP contribution is 2.41. The minimum atomic E-state index is -0.880. The lowest BCUT2D eigenvalue weighted by molar-refractivity contribution is -0.139. The first-order valence-corrected chi connectivity index (χ1v) is 5.00. The van der Waals surface area contributed by atoms with Crippen molar-refractivity contribution in [2.75, 3.05) is 0 Å². The van der Waals surface area contributed by atoms with Crippen molar-refractivity contribution in [2.24, 2.45) is 23.5 Å². The van der Waals surface area contributed by atoms with E-state index >= 15 is 0 Å². The van der Waals surface area contributed by atoms with Gasteiger partial charge in [0.1, 0.15) is 6.04 Å². The summed E-state index contributed by atoms with van der Waals surface area (Å²) < 4.78 is 0. The Balaban J connectivity index is 2.30. The predicted molar refractivity (Wildman–Crippen MR) is 51.3 cm³/mol. The van der Waals surface area contributed by atoms with E-state index in [9.17, 15) is 4.79 Å². The summed E-state index contributed by atoms with van der Waals surface area (Å²) >= 11 is 0. The molecule has 1 saturated carbocycles. The summed E-state index contributed by atoms with van der Waals surface area (Å²) in [6.07, 6.45) is 3.23. The number of rotatable bonds is 5. The number of aliphatic carboxylic acids is 1. The van der Waals surface area contributed by atoms with Gasteiger partial charge in [0.25, 0.3) is 0 Å². The summed E-state index contributed by atoms with van der Waals surface area (Å²) in [6.45, 7) is 4.31. The van der Waals surface area contributed by atoms with Crippen LogP contribution in [0.3, 0.4) is 0 Å². The van der Waals surface area contributed by atoms with Gasteiger partial charge in [0.2, 0.25) is 0 Å². The minimum absolute atomic E-state index is 0.429. The van der Waals surface area contributed by atoms with Gasteiger partial charge in [0.05, 0.1) is 0 Å². The van der Waals surface area contributed by atoms with Crippen molar-refractivity contribution in [3.05, 3.63) is 0 Å². The van der Waals surface area contributed by atoms with E-state index in [0.29, 0.717) is 18.3 Å². The van der Waals surface area contributed by atoms with Gasteiger partial charge >= 0.3 is 5.97 Å². The second-order valence-corrected chi connectivity index (χ2v) is 4.35. The van der Waals surface area contributed by atoms with Crippen LogP contribution >= 0.6 is 0 Å². The molecule has 1 aliphatic carbocycles. The molecule has 1 rings (SSSR count). The smallest absolute Gasteiger partial charge is 0.320 e. The molecular weight excluding hydrogens is 166 g/mol. The van der Waals surface area contributed by atoms with Gasteiger partial charge in [-0.15, -0.1) is 0 Å². The van der Waals surface area contributed by atoms with Crippen LogP contribution in [0.2, 0.25) is 0 Å². The van der Waals surface area contributed by atoms with Crippen LogP contribution in [0.15, 0.2) is 0 Å². The maximum Gasteiger partial charge on any atom is 0.320 e. The molecule has 0 bridgehead atoms. The summed E-state index contributed by atoms with van der Waals surface area (Å²) in [5.74, 6) is 1.01. The lowest BCUT2D eigenvalue weighted by Gasteiger charge is -2.20. The molecule has 0 spiro atoms. The third-order valence-electron chi connectivity index (χ3n) is 3.21. The summed E-state index contributed by atoms with van der Waals surface area (Å²) in [5.41, 5.74) is 5.48. The summed E-state index contributed by atoms with van der Waals surface area (Å²) in [7, 11) is 0. The Morgan fingerprint density at radius 1 is 1.54 bits per heavy atom. The van der Waals surface area contributed by atoms with Gasteiger partial charge in [-0.2, -0.15) is 0 Å². The zero-order valence-corrected chi connectivity index (χ0v) is 8.36. The van der Waals surface area contributed by atoms with Crippen LogP contribution in [0.5, 0.6) is 0 Å². The fourth-order valence-corrected chi connectivity index (χ4v) is 1.80. The van der Waals surface area contributed by atoms with Crippen LogP contribution in [0.1, 0.15) is 33.1 Å². The Labute approximate surface area is 79.3 Å². The Morgan fingerprint density at radius 2 is 2.08 bits per heavy atom. The van der Waals surface area contributed by atoms with Crippen LogP contribution in [-0.4, -0.2) is 17.1 Å². The fraction of sp³-hybridized carbons (Fsp3) is 0.900. The highest BCUT2D eigenvalue weighted by Gasteiger charge is 2.32. The number of nitrogens with two attached hydrogens (primary N) is 1. The van der Waals surface area contributed by atoms with E-state index in [1.165, 1.54) is 12.8 Å². The van der Waals surface area contributed by atoms with Crippen molar-refractivity contribution < 1.29 is 9.90 Å². The maximum atomic E-state index is 10.5. The largest absolute Gasteiger partial charge is 0.480 e. The van der Waals surface area contributed by atoms with Crippen molar-refractivity contribution in [1.29, 1.82) is 0 Å². The summed E-state index contributed by atoms with van der Waals surface area (Å²) in [5, 5.41) is 8.64. The van der Waals surface area contributed by atoms with E-state index in [4.69, 9.17) is 10.8 Å². The average Bonchev–Trinajstić information content (AvgIpc) is 2.85. The fourth-order valence-electron chi connectivity index (χ4n) is 1.80. The van der Waals surface area contributed by atoms with Crippen molar-refractivity contribution in [2.45, 2.75) is 39.2 Å². The molecule has 0 amide bonds. The molecule has 0 radical (unpaired) electrons. The molecule has 0 aromatic carbocycles. The first-order chi connectivity index (χ1) is 6.02. The van der Waals surface area contributed by atoms with Crippen molar-refractivity contribution in [3.63, 3.8) is 0 Å². The molecular formula is C10H19NO2. The van der Waals surface area contributed by atoms with Crippen LogP contribution in [0, 0.1) is 17.8 Å². The van der Waals surface area contributed by atoms with Gasteiger partial charge in [-0.1, -0.05) is 13.8 Å². The van der Waals surface area contributed by atoms with Crippen LogP contribution in [0.25, 0.3) is 0 Å². The monoisotopic (exact) mass is 185 g/mol. The third-order valence-corrected chi connectivity index (χ3v) is 3.21. The molecule has 76 valence electrons. The lowest BCUT2D eigenvalue weighted by atomic mass is 9.86. The van der Waals surface area contributed by atoms with Crippen molar-refractivity contribution >= 4 is 5.97 Å². The van der Waals surface area contributed by atoms with Gasteiger partial charge in [-0.3, -0.25) is 4.79 Å². The molecule has 3 nitrogen and oxygen atoms in total. The van der Waals surface area contributed by atoms with Crippen molar-refractivity contribution in [1.82, 2.24) is 0 Å². The Kier molecular flexibility index (Phi) is 3.31. The molecule has 13 heavy (non-hydrogen) atoms. The highest BCUT2D eigenvalue weighted by atomic mass is 16.4. The van der Waals surface area contributed by atoms with Gasteiger partial charge in [-0.05, 0) is 37.0 Å². The topological polar surface area (TPSA) is 63.3 Å². The summed E-state index contributed by atoms with van der Waals surface area (Å²) in [4.78, 5) is 10.5. The lowest BCUT2D eigenvalue weighted by Crippen LogP contribution is -2.33. The number of hydrogen-bond acceptors (Lipinski definition) is 2. The van der Waals surface area contributed by atoms with E-state index in [1.807, 2.05) is 0 Å². The van der Waals surface area contributed by atoms with Gasteiger partial charge in [-0.25, -0.2) is 0 Å². The molecule has 3 N–H and O–H groups in total. The zero-order valence-electron chi connectivity index (χ0n) is 8.36. The standard InChI is InChI=1S/C10H19NO2/c1-6(5-9(11)10(12)13)7(2)8-3-4-8/h6-9H,3-5,11H2,1-2H3,(H,12,13). The minimum Gasteiger partial charge on any atom is -0.480 e. The molecule has 0 heterocycles. The molecule has 0 aliphatic heterocycles. The van der Waals surface area contributed by atoms with E-state index < -0.39 is 12.0 Å². The molecule has 1 aliphatic rings. The Bertz CT molecular complexity index is 189. The average molecular weight is 185 g/mol. The number of carbonyl (C=O) groups is 1. The molecule has 3 unspecified atom stereocenters. The Morgan fingerprint density at radius 3 is 2.46 bits per heavy atom. The second kappa shape index (κ2) is 4.09. The van der Waals surface area contributed by atoms with E-state index in [2.05, 4.69) is 13.8 Å². The molecule has 3 atom stereocenters. The quantitative estimate of drug-likeness (QED) is 0.681. The van der Waals surface area contributed by atoms with E-state index in [1.54, 1.807) is 0 Å². The van der Waals surface area contributed by atoms with E-state index in [-0.39, 0.29) is 0 Å². The first kappa shape index (κ1) is 10.5. The predicted octanol–water partition coefficient (Wildman–Crippen LogP) is 1.47. The van der Waals surface area contributed by atoms with Crippen LogP contribution < -0.4 is 5.73 Å². The van der Waals surface area contributed by atoms with E-state index in [0.717, 1.165) is 5.92 Å². The third kappa shape index (κ3) is 2.99. The summed E-state index contributed by atoms with van der Waals surface area (Å²) in [6, 6.07) is -0.684. The maximum absolute atomic E-state index is 10.5. The van der Waals surface area contributed by atoms with Crippen LogP contribution in [0.4, 0.5) is 0 Å².